The van der Waals surface area contributed by atoms with Gasteiger partial charge in [0.1, 0.15) is 11.9 Å². The van der Waals surface area contributed by atoms with E-state index in [2.05, 4.69) is 5.32 Å². The van der Waals surface area contributed by atoms with Crippen molar-refractivity contribution in [3.63, 3.8) is 0 Å². The molecule has 1 fully saturated rings. The third-order valence-corrected chi connectivity index (χ3v) is 5.72. The second kappa shape index (κ2) is 7.31. The van der Waals surface area contributed by atoms with E-state index in [-0.39, 0.29) is 29.4 Å². The predicted molar refractivity (Wildman–Crippen MR) is 101 cm³/mol. The maximum atomic E-state index is 13.4. The molecule has 2 aromatic carbocycles. The Morgan fingerprint density at radius 3 is 2.67 bits per heavy atom. The summed E-state index contributed by atoms with van der Waals surface area (Å²) in [5.74, 6) is -0.814. The maximum absolute atomic E-state index is 13.4. The number of benzene rings is 2. The summed E-state index contributed by atoms with van der Waals surface area (Å²) in [6.45, 7) is 0.148. The van der Waals surface area contributed by atoms with Gasteiger partial charge in [0.05, 0.1) is 0 Å². The highest BCUT2D eigenvalue weighted by Gasteiger charge is 2.41. The molecule has 0 saturated heterocycles. The molecule has 0 unspecified atom stereocenters. The number of rotatable bonds is 4. The van der Waals surface area contributed by atoms with Gasteiger partial charge in [0, 0.05) is 23.2 Å². The number of nitrogens with one attached hydrogen (secondary N) is 1. The molecule has 2 aromatic rings. The molecular weight excluding hydrogens is 367 g/mol. The monoisotopic (exact) mass is 386 g/mol. The van der Waals surface area contributed by atoms with E-state index >= 15 is 0 Å². The second-order valence-electron chi connectivity index (χ2n) is 7.15. The number of carbonyl (C=O) groups is 2. The number of nitrogens with zero attached hydrogens (tertiary/aromatic N) is 1. The fourth-order valence-electron chi connectivity index (χ4n) is 4.00. The summed E-state index contributed by atoms with van der Waals surface area (Å²) >= 11 is 6.15. The lowest BCUT2D eigenvalue weighted by molar-refractivity contribution is -0.126. The van der Waals surface area contributed by atoms with E-state index in [0.29, 0.717) is 16.7 Å². The van der Waals surface area contributed by atoms with Crippen LogP contribution in [0.25, 0.3) is 0 Å². The van der Waals surface area contributed by atoms with Gasteiger partial charge in [-0.3, -0.25) is 9.59 Å². The Morgan fingerprint density at radius 1 is 1.19 bits per heavy atom. The zero-order valence-corrected chi connectivity index (χ0v) is 15.5. The van der Waals surface area contributed by atoms with Gasteiger partial charge in [-0.25, -0.2) is 4.39 Å². The zero-order chi connectivity index (χ0) is 19.0. The number of hydrogen-bond donors (Lipinski definition) is 1. The van der Waals surface area contributed by atoms with E-state index in [1.807, 2.05) is 12.1 Å². The molecule has 0 aromatic heterocycles. The molecule has 2 amide bonds. The zero-order valence-electron chi connectivity index (χ0n) is 14.8. The highest BCUT2D eigenvalue weighted by molar-refractivity contribution is 6.31. The van der Waals surface area contributed by atoms with Crippen molar-refractivity contribution in [3.05, 3.63) is 70.0 Å². The van der Waals surface area contributed by atoms with Gasteiger partial charge in [0.15, 0.2) is 0 Å². The number of fused-ring (bicyclic) bond motifs is 1. The summed E-state index contributed by atoms with van der Waals surface area (Å²) in [5, 5.41) is 3.34. The molecule has 6 heteroatoms. The Kier molecular flexibility index (Phi) is 4.87. The van der Waals surface area contributed by atoms with Crippen LogP contribution in [0.1, 0.15) is 53.2 Å². The first kappa shape index (κ1) is 18.0. The summed E-state index contributed by atoms with van der Waals surface area (Å²) in [7, 11) is 0. The lowest BCUT2D eigenvalue weighted by atomic mass is 10.0. The fourth-order valence-corrected chi connectivity index (χ4v) is 4.23. The van der Waals surface area contributed by atoms with Crippen molar-refractivity contribution < 1.29 is 14.0 Å². The minimum atomic E-state index is -0.699. The maximum Gasteiger partial charge on any atom is 0.255 e. The van der Waals surface area contributed by atoms with Gasteiger partial charge in [0.25, 0.3) is 5.91 Å². The molecule has 0 spiro atoms. The average molecular weight is 387 g/mol. The van der Waals surface area contributed by atoms with Crippen molar-refractivity contribution >= 4 is 23.4 Å². The SMILES string of the molecule is O=C(NC1CCCC1)[C@@H]1c2ccccc2C(=O)N1Cc1ccc(F)cc1Cl. The molecule has 1 saturated carbocycles. The van der Waals surface area contributed by atoms with Gasteiger partial charge < -0.3 is 10.2 Å². The Balaban J connectivity index is 1.65. The van der Waals surface area contributed by atoms with Crippen LogP contribution in [0.2, 0.25) is 5.02 Å². The van der Waals surface area contributed by atoms with Gasteiger partial charge in [-0.2, -0.15) is 0 Å². The van der Waals surface area contributed by atoms with Crippen LogP contribution in [0.5, 0.6) is 0 Å². The molecule has 1 atom stereocenters. The van der Waals surface area contributed by atoms with Crippen molar-refractivity contribution in [3.8, 4) is 0 Å². The molecule has 1 N–H and O–H groups in total. The first-order chi connectivity index (χ1) is 13.0. The normalized spacial score (nSPS) is 19.4. The lowest BCUT2D eigenvalue weighted by Gasteiger charge is -2.26. The largest absolute Gasteiger partial charge is 0.351 e. The Bertz CT molecular complexity index is 896. The van der Waals surface area contributed by atoms with Crippen LogP contribution in [-0.2, 0) is 11.3 Å². The van der Waals surface area contributed by atoms with E-state index in [0.717, 1.165) is 25.7 Å². The van der Waals surface area contributed by atoms with Gasteiger partial charge in [-0.1, -0.05) is 48.7 Å². The molecule has 1 heterocycles. The number of carbonyl (C=O) groups excluding carboxylic acids is 2. The Labute approximate surface area is 162 Å². The van der Waals surface area contributed by atoms with Crippen molar-refractivity contribution in [2.45, 2.75) is 44.3 Å². The van der Waals surface area contributed by atoms with Crippen LogP contribution >= 0.6 is 11.6 Å². The molecule has 2 aliphatic rings. The Hall–Kier alpha value is -2.40. The van der Waals surface area contributed by atoms with Crippen LogP contribution < -0.4 is 5.32 Å². The molecular formula is C21H20ClFN2O2. The van der Waals surface area contributed by atoms with Crippen molar-refractivity contribution in [2.24, 2.45) is 0 Å². The van der Waals surface area contributed by atoms with E-state index in [1.54, 1.807) is 18.2 Å². The van der Waals surface area contributed by atoms with Crippen LogP contribution in [0.15, 0.2) is 42.5 Å². The molecule has 1 aliphatic carbocycles. The van der Waals surface area contributed by atoms with Crippen molar-refractivity contribution in [2.75, 3.05) is 0 Å². The van der Waals surface area contributed by atoms with Crippen molar-refractivity contribution in [1.29, 1.82) is 0 Å². The quantitative estimate of drug-likeness (QED) is 0.854. The minimum Gasteiger partial charge on any atom is -0.351 e. The first-order valence-electron chi connectivity index (χ1n) is 9.19. The highest BCUT2D eigenvalue weighted by atomic mass is 35.5. The topological polar surface area (TPSA) is 49.4 Å². The summed E-state index contributed by atoms with van der Waals surface area (Å²) in [4.78, 5) is 27.5. The van der Waals surface area contributed by atoms with Crippen LogP contribution in [0, 0.1) is 5.82 Å². The van der Waals surface area contributed by atoms with Gasteiger partial charge in [0.2, 0.25) is 5.91 Å². The molecule has 4 nitrogen and oxygen atoms in total. The third-order valence-electron chi connectivity index (χ3n) is 5.36. The van der Waals surface area contributed by atoms with Gasteiger partial charge >= 0.3 is 0 Å². The lowest BCUT2D eigenvalue weighted by Crippen LogP contribution is -2.42. The average Bonchev–Trinajstić information content (AvgIpc) is 3.24. The summed E-state index contributed by atoms with van der Waals surface area (Å²) in [5.41, 5.74) is 1.84. The standard InChI is InChI=1S/C21H20ClFN2O2/c22-18-11-14(23)10-9-13(18)12-25-19(20(26)24-15-5-1-2-6-15)16-7-3-4-8-17(16)21(25)27/h3-4,7-11,15,19H,1-2,5-6,12H2,(H,24,26)/t19-/m0/s1. The summed E-state index contributed by atoms with van der Waals surface area (Å²) in [6, 6.07) is 10.7. The number of halogens is 2. The molecule has 4 rings (SSSR count). The third kappa shape index (κ3) is 3.44. The van der Waals surface area contributed by atoms with Crippen LogP contribution in [-0.4, -0.2) is 22.8 Å². The van der Waals surface area contributed by atoms with Crippen LogP contribution in [0.3, 0.4) is 0 Å². The highest BCUT2D eigenvalue weighted by Crippen LogP contribution is 2.36. The number of amides is 2. The Morgan fingerprint density at radius 2 is 1.93 bits per heavy atom. The molecule has 140 valence electrons. The van der Waals surface area contributed by atoms with Gasteiger partial charge in [-0.15, -0.1) is 0 Å². The predicted octanol–water partition coefficient (Wildman–Crippen LogP) is 4.24. The second-order valence-corrected chi connectivity index (χ2v) is 7.56. The van der Waals surface area contributed by atoms with Gasteiger partial charge in [-0.05, 0) is 42.2 Å². The van der Waals surface area contributed by atoms with E-state index in [4.69, 9.17) is 11.6 Å². The first-order valence-corrected chi connectivity index (χ1v) is 9.56. The van der Waals surface area contributed by atoms with E-state index in [9.17, 15) is 14.0 Å². The van der Waals surface area contributed by atoms with Crippen molar-refractivity contribution in [1.82, 2.24) is 10.2 Å². The summed E-state index contributed by atoms with van der Waals surface area (Å²) < 4.78 is 13.4. The smallest absolute Gasteiger partial charge is 0.255 e. The van der Waals surface area contributed by atoms with Crippen LogP contribution in [0.4, 0.5) is 4.39 Å². The summed E-state index contributed by atoms with van der Waals surface area (Å²) in [6.07, 6.45) is 4.16. The molecule has 1 aliphatic heterocycles. The molecule has 27 heavy (non-hydrogen) atoms. The molecule has 0 radical (unpaired) electrons. The minimum absolute atomic E-state index is 0.148. The fraction of sp³-hybridized carbons (Fsp3) is 0.333. The van der Waals surface area contributed by atoms with E-state index < -0.39 is 11.9 Å². The number of hydrogen-bond acceptors (Lipinski definition) is 2. The molecule has 0 bridgehead atoms. The van der Waals surface area contributed by atoms with E-state index in [1.165, 1.54) is 17.0 Å².